The van der Waals surface area contributed by atoms with E-state index in [0.29, 0.717) is 23.2 Å². The molecular formula is C8H10ClN7. The lowest BCUT2D eigenvalue weighted by molar-refractivity contribution is 0.747. The zero-order chi connectivity index (χ0) is 11.5. The fraction of sp³-hybridized carbons (Fsp3) is 0.250. The second-order valence-corrected chi connectivity index (χ2v) is 3.52. The van der Waals surface area contributed by atoms with Crippen molar-refractivity contribution in [1.82, 2.24) is 24.7 Å². The third-order valence-electron chi connectivity index (χ3n) is 1.82. The predicted molar refractivity (Wildman–Crippen MR) is 59.8 cm³/mol. The first-order valence-corrected chi connectivity index (χ1v) is 4.89. The van der Waals surface area contributed by atoms with Crippen molar-refractivity contribution in [3.8, 4) is 0 Å². The highest BCUT2D eigenvalue weighted by Crippen LogP contribution is 2.18. The fourth-order valence-electron chi connectivity index (χ4n) is 1.13. The van der Waals surface area contributed by atoms with Gasteiger partial charge in [0.05, 0.1) is 12.7 Å². The minimum Gasteiger partial charge on any atom is -0.368 e. The highest BCUT2D eigenvalue weighted by Gasteiger charge is 2.04. The van der Waals surface area contributed by atoms with Crippen LogP contribution >= 0.6 is 11.6 Å². The summed E-state index contributed by atoms with van der Waals surface area (Å²) in [4.78, 5) is 11.8. The molecule has 84 valence electrons. The van der Waals surface area contributed by atoms with Crippen LogP contribution in [-0.4, -0.2) is 24.7 Å². The van der Waals surface area contributed by atoms with Crippen LogP contribution in [0.25, 0.3) is 0 Å². The molecule has 0 aromatic carbocycles. The molecule has 0 spiro atoms. The molecule has 0 aliphatic rings. The van der Waals surface area contributed by atoms with E-state index in [-0.39, 0.29) is 5.95 Å². The van der Waals surface area contributed by atoms with Gasteiger partial charge in [0.15, 0.2) is 11.6 Å². The van der Waals surface area contributed by atoms with Gasteiger partial charge in [-0.15, -0.1) is 0 Å². The molecule has 0 aliphatic carbocycles. The average Bonchev–Trinajstić information content (AvgIpc) is 2.66. The third-order valence-corrected chi connectivity index (χ3v) is 2.10. The first-order chi connectivity index (χ1) is 7.65. The van der Waals surface area contributed by atoms with E-state index in [1.54, 1.807) is 18.1 Å². The standard InChI is InChI=1S/C8H10ClN7/c1-16-4-13-6(15-16)3-11-7-5(9)2-12-8(10)14-7/h2,4H,3H2,1H3,(H3,10,11,12,14). The summed E-state index contributed by atoms with van der Waals surface area (Å²) in [6.07, 6.45) is 3.06. The Balaban J connectivity index is 2.07. The average molecular weight is 240 g/mol. The zero-order valence-corrected chi connectivity index (χ0v) is 9.31. The van der Waals surface area contributed by atoms with E-state index in [0.717, 1.165) is 0 Å². The van der Waals surface area contributed by atoms with Gasteiger partial charge >= 0.3 is 0 Å². The Hall–Kier alpha value is -1.89. The van der Waals surface area contributed by atoms with Crippen molar-refractivity contribution in [2.75, 3.05) is 11.1 Å². The molecule has 7 nitrogen and oxygen atoms in total. The largest absolute Gasteiger partial charge is 0.368 e. The number of rotatable bonds is 3. The molecule has 8 heteroatoms. The third kappa shape index (κ3) is 2.37. The van der Waals surface area contributed by atoms with Crippen LogP contribution in [-0.2, 0) is 13.6 Å². The van der Waals surface area contributed by atoms with Crippen LogP contribution in [0.2, 0.25) is 5.02 Å². The van der Waals surface area contributed by atoms with Gasteiger partial charge in [0.2, 0.25) is 5.95 Å². The number of nitrogens with zero attached hydrogens (tertiary/aromatic N) is 5. The smallest absolute Gasteiger partial charge is 0.222 e. The second-order valence-electron chi connectivity index (χ2n) is 3.11. The molecule has 2 rings (SSSR count). The minimum absolute atomic E-state index is 0.167. The first-order valence-electron chi connectivity index (χ1n) is 4.51. The summed E-state index contributed by atoms with van der Waals surface area (Å²) < 4.78 is 1.62. The molecule has 2 aromatic rings. The van der Waals surface area contributed by atoms with Gasteiger partial charge in [0, 0.05) is 7.05 Å². The van der Waals surface area contributed by atoms with Gasteiger partial charge in [-0.1, -0.05) is 11.6 Å². The van der Waals surface area contributed by atoms with E-state index in [2.05, 4.69) is 25.4 Å². The van der Waals surface area contributed by atoms with Gasteiger partial charge in [-0.05, 0) is 0 Å². The Morgan fingerprint density at radius 1 is 1.50 bits per heavy atom. The molecule has 0 atom stereocenters. The van der Waals surface area contributed by atoms with E-state index in [4.69, 9.17) is 17.3 Å². The normalized spacial score (nSPS) is 10.4. The van der Waals surface area contributed by atoms with Crippen molar-refractivity contribution in [3.05, 3.63) is 23.4 Å². The summed E-state index contributed by atoms with van der Waals surface area (Å²) in [7, 11) is 1.80. The van der Waals surface area contributed by atoms with Gasteiger partial charge in [0.25, 0.3) is 0 Å². The van der Waals surface area contributed by atoms with E-state index in [1.807, 2.05) is 0 Å². The molecule has 0 saturated heterocycles. The summed E-state index contributed by atoms with van der Waals surface area (Å²) in [5, 5.41) is 7.49. The fourth-order valence-corrected chi connectivity index (χ4v) is 1.29. The number of nitrogens with two attached hydrogens (primary N) is 1. The molecule has 2 aromatic heterocycles. The van der Waals surface area contributed by atoms with Crippen LogP contribution in [0.15, 0.2) is 12.5 Å². The highest BCUT2D eigenvalue weighted by atomic mass is 35.5. The summed E-state index contributed by atoms with van der Waals surface area (Å²) in [5.41, 5.74) is 5.44. The molecule has 0 radical (unpaired) electrons. The number of aromatic nitrogens is 5. The Morgan fingerprint density at radius 3 is 3.00 bits per heavy atom. The number of anilines is 2. The molecule has 0 unspecified atom stereocenters. The molecular weight excluding hydrogens is 230 g/mol. The van der Waals surface area contributed by atoms with E-state index in [1.165, 1.54) is 6.20 Å². The second kappa shape index (κ2) is 4.31. The number of hydrogen-bond acceptors (Lipinski definition) is 6. The van der Waals surface area contributed by atoms with Crippen LogP contribution in [0.5, 0.6) is 0 Å². The van der Waals surface area contributed by atoms with Crippen molar-refractivity contribution in [1.29, 1.82) is 0 Å². The SMILES string of the molecule is Cn1cnc(CNc2nc(N)ncc2Cl)n1. The number of hydrogen-bond donors (Lipinski definition) is 2. The topological polar surface area (TPSA) is 94.5 Å². The Bertz CT molecular complexity index is 495. The van der Waals surface area contributed by atoms with Crippen LogP contribution < -0.4 is 11.1 Å². The zero-order valence-electron chi connectivity index (χ0n) is 8.55. The molecule has 3 N–H and O–H groups in total. The molecule has 0 fully saturated rings. The number of halogens is 1. The van der Waals surface area contributed by atoms with Crippen LogP contribution in [0.4, 0.5) is 11.8 Å². The quantitative estimate of drug-likeness (QED) is 0.808. The minimum atomic E-state index is 0.167. The van der Waals surface area contributed by atoms with Crippen LogP contribution in [0.3, 0.4) is 0 Å². The predicted octanol–water partition coefficient (Wildman–Crippen LogP) is 0.453. The van der Waals surface area contributed by atoms with Gasteiger partial charge in [-0.25, -0.2) is 9.97 Å². The molecule has 2 heterocycles. The number of nitrogen functional groups attached to an aromatic ring is 1. The maximum atomic E-state index is 5.88. The van der Waals surface area contributed by atoms with E-state index < -0.39 is 0 Å². The maximum Gasteiger partial charge on any atom is 0.222 e. The van der Waals surface area contributed by atoms with Crippen molar-refractivity contribution in [2.45, 2.75) is 6.54 Å². The number of nitrogens with one attached hydrogen (secondary N) is 1. The Kier molecular flexibility index (Phi) is 2.86. The lowest BCUT2D eigenvalue weighted by Crippen LogP contribution is -2.06. The Morgan fingerprint density at radius 2 is 2.31 bits per heavy atom. The van der Waals surface area contributed by atoms with Crippen molar-refractivity contribution >= 4 is 23.4 Å². The lowest BCUT2D eigenvalue weighted by atomic mass is 10.5. The summed E-state index contributed by atoms with van der Waals surface area (Å²) in [6.45, 7) is 0.428. The summed E-state index contributed by atoms with van der Waals surface area (Å²) >= 11 is 5.88. The highest BCUT2D eigenvalue weighted by molar-refractivity contribution is 6.32. The molecule has 0 saturated carbocycles. The van der Waals surface area contributed by atoms with Gasteiger partial charge in [-0.3, -0.25) is 4.68 Å². The molecule has 16 heavy (non-hydrogen) atoms. The molecule has 0 bridgehead atoms. The van der Waals surface area contributed by atoms with Gasteiger partial charge < -0.3 is 11.1 Å². The summed E-state index contributed by atoms with van der Waals surface area (Å²) in [5.74, 6) is 1.29. The van der Waals surface area contributed by atoms with E-state index in [9.17, 15) is 0 Å². The first kappa shape index (κ1) is 10.6. The van der Waals surface area contributed by atoms with Gasteiger partial charge in [-0.2, -0.15) is 10.1 Å². The summed E-state index contributed by atoms with van der Waals surface area (Å²) in [6, 6.07) is 0. The maximum absolute atomic E-state index is 5.88. The molecule has 0 amide bonds. The van der Waals surface area contributed by atoms with Crippen molar-refractivity contribution < 1.29 is 0 Å². The van der Waals surface area contributed by atoms with Crippen molar-refractivity contribution in [3.63, 3.8) is 0 Å². The van der Waals surface area contributed by atoms with Gasteiger partial charge in [0.1, 0.15) is 11.3 Å². The van der Waals surface area contributed by atoms with Crippen LogP contribution in [0.1, 0.15) is 5.82 Å². The number of aryl methyl sites for hydroxylation is 1. The lowest BCUT2D eigenvalue weighted by Gasteiger charge is -2.04. The Labute approximate surface area is 96.7 Å². The van der Waals surface area contributed by atoms with E-state index >= 15 is 0 Å². The van der Waals surface area contributed by atoms with Crippen molar-refractivity contribution in [2.24, 2.45) is 7.05 Å². The van der Waals surface area contributed by atoms with Crippen LogP contribution in [0, 0.1) is 0 Å². The molecule has 0 aliphatic heterocycles. The monoisotopic (exact) mass is 239 g/mol.